The molecule has 29 heavy (non-hydrogen) atoms. The van der Waals surface area contributed by atoms with Gasteiger partial charge in [0.25, 0.3) is 0 Å². The second-order valence-electron chi connectivity index (χ2n) is 10.9. The van der Waals surface area contributed by atoms with Crippen molar-refractivity contribution in [3.8, 4) is 0 Å². The Bertz CT molecular complexity index is 763. The van der Waals surface area contributed by atoms with E-state index in [1.54, 1.807) is 0 Å². The number of esters is 1. The zero-order valence-corrected chi connectivity index (χ0v) is 18.2. The predicted octanol–water partition coefficient (Wildman–Crippen LogP) is 4.54. The van der Waals surface area contributed by atoms with Gasteiger partial charge in [0.1, 0.15) is 23.6 Å². The Morgan fingerprint density at radius 3 is 2.66 bits per heavy atom. The molecule has 5 nitrogen and oxygen atoms in total. The van der Waals surface area contributed by atoms with E-state index in [-0.39, 0.29) is 34.4 Å². The van der Waals surface area contributed by atoms with Crippen molar-refractivity contribution in [2.24, 2.45) is 28.6 Å². The number of allylic oxidation sites excluding steroid dienone is 1. The lowest BCUT2D eigenvalue weighted by molar-refractivity contribution is -0.494. The summed E-state index contributed by atoms with van der Waals surface area (Å²) in [5.41, 5.74) is 0.687. The first-order chi connectivity index (χ1) is 13.7. The van der Waals surface area contributed by atoms with E-state index in [1.807, 2.05) is 0 Å². The van der Waals surface area contributed by atoms with Crippen LogP contribution in [0.15, 0.2) is 11.6 Å². The van der Waals surface area contributed by atoms with Gasteiger partial charge < -0.3 is 9.53 Å². The van der Waals surface area contributed by atoms with E-state index in [9.17, 15) is 9.59 Å². The fourth-order valence-corrected chi connectivity index (χ4v) is 8.29. The van der Waals surface area contributed by atoms with E-state index >= 15 is 0 Å². The number of hydrogen-bond acceptors (Lipinski definition) is 5. The molecule has 0 aromatic heterocycles. The molecular formula is C24H34O5. The van der Waals surface area contributed by atoms with Gasteiger partial charge in [0.15, 0.2) is 0 Å². The molecule has 0 N–H and O–H groups in total. The predicted molar refractivity (Wildman–Crippen MR) is 107 cm³/mol. The number of rotatable bonds is 3. The Morgan fingerprint density at radius 2 is 2.00 bits per heavy atom. The third kappa shape index (κ3) is 2.35. The zero-order valence-electron chi connectivity index (χ0n) is 18.2. The molecule has 0 unspecified atom stereocenters. The summed E-state index contributed by atoms with van der Waals surface area (Å²) in [7, 11) is 0. The molecule has 6 rings (SSSR count). The van der Waals surface area contributed by atoms with Gasteiger partial charge in [-0.3, -0.25) is 4.79 Å². The molecule has 2 saturated heterocycles. The van der Waals surface area contributed by atoms with Crippen LogP contribution in [0, 0.1) is 28.6 Å². The molecular weight excluding hydrogens is 368 g/mol. The van der Waals surface area contributed by atoms with Gasteiger partial charge >= 0.3 is 5.97 Å². The van der Waals surface area contributed by atoms with Crippen molar-refractivity contribution in [1.29, 1.82) is 0 Å². The lowest BCUT2D eigenvalue weighted by atomic mass is 9.44. The molecule has 2 spiro atoms. The lowest BCUT2D eigenvalue weighted by Crippen LogP contribution is -2.71. The summed E-state index contributed by atoms with van der Waals surface area (Å²) in [6, 6.07) is 0. The van der Waals surface area contributed by atoms with Crippen molar-refractivity contribution < 1.29 is 24.1 Å². The Labute approximate surface area is 173 Å². The summed E-state index contributed by atoms with van der Waals surface area (Å²) in [6.45, 7) is 8.28. The molecule has 3 saturated carbocycles. The van der Waals surface area contributed by atoms with Crippen LogP contribution < -0.4 is 0 Å². The SMILES string of the molecule is CC(=O)O[C@@H]1CC[C@]2(C)C3=CC[C@@]4(C)[C@@H](CC[C@H]4[C@@H](C)C=O)[C@@]34CC[C@@]2(C1)OO4. The molecule has 2 aliphatic heterocycles. The molecule has 8 atom stereocenters. The first kappa shape index (κ1) is 19.7. The van der Waals surface area contributed by atoms with E-state index in [4.69, 9.17) is 14.5 Å². The molecule has 2 bridgehead atoms. The van der Waals surface area contributed by atoms with Crippen LogP contribution in [0.5, 0.6) is 0 Å². The Kier molecular flexibility index (Phi) is 4.20. The third-order valence-electron chi connectivity index (χ3n) is 9.73. The van der Waals surface area contributed by atoms with Crippen molar-refractivity contribution in [3.63, 3.8) is 0 Å². The molecule has 0 aromatic rings. The highest BCUT2D eigenvalue weighted by atomic mass is 17.2. The van der Waals surface area contributed by atoms with Crippen molar-refractivity contribution >= 4 is 12.3 Å². The van der Waals surface area contributed by atoms with Crippen LogP contribution >= 0.6 is 0 Å². The van der Waals surface area contributed by atoms with Crippen LogP contribution in [-0.4, -0.2) is 29.6 Å². The van der Waals surface area contributed by atoms with Gasteiger partial charge in [-0.25, -0.2) is 9.78 Å². The summed E-state index contributed by atoms with van der Waals surface area (Å²) in [5.74, 6) is 0.662. The lowest BCUT2D eigenvalue weighted by Gasteiger charge is -2.69. The second kappa shape index (κ2) is 6.16. The van der Waals surface area contributed by atoms with Crippen LogP contribution in [0.4, 0.5) is 0 Å². The third-order valence-corrected chi connectivity index (χ3v) is 9.73. The first-order valence-electron chi connectivity index (χ1n) is 11.4. The molecule has 5 fully saturated rings. The van der Waals surface area contributed by atoms with Crippen LogP contribution in [0.1, 0.15) is 79.1 Å². The standard InChI is InChI=1S/C24H34O5/c1-15(14-25)18-5-6-19-21(18,3)9-8-20-22(4)10-7-17(27-16(2)26)13-23(22)11-12-24(19,20)29-28-23/h8,14-15,17-19H,5-7,9-13H2,1-4H3/t15-,17+,18-,19+,21+,22+,23-,24-/m0/s1. The monoisotopic (exact) mass is 402 g/mol. The minimum absolute atomic E-state index is 0.0736. The van der Waals surface area contributed by atoms with E-state index < -0.39 is 5.60 Å². The average molecular weight is 403 g/mol. The highest BCUT2D eigenvalue weighted by Gasteiger charge is 2.73. The van der Waals surface area contributed by atoms with Gasteiger partial charge in [0.05, 0.1) is 0 Å². The molecule has 160 valence electrons. The van der Waals surface area contributed by atoms with Gasteiger partial charge in [-0.05, 0) is 61.9 Å². The van der Waals surface area contributed by atoms with Crippen LogP contribution in [-0.2, 0) is 24.1 Å². The summed E-state index contributed by atoms with van der Waals surface area (Å²) in [4.78, 5) is 35.8. The van der Waals surface area contributed by atoms with E-state index in [0.717, 1.165) is 51.2 Å². The van der Waals surface area contributed by atoms with Crippen molar-refractivity contribution in [2.45, 2.75) is 96.4 Å². The largest absolute Gasteiger partial charge is 0.462 e. The maximum absolute atomic E-state index is 11.6. The van der Waals surface area contributed by atoms with E-state index in [0.29, 0.717) is 18.3 Å². The molecule has 0 amide bonds. The number of carbonyl (C=O) groups excluding carboxylic acids is 2. The fraction of sp³-hybridized carbons (Fsp3) is 0.833. The van der Waals surface area contributed by atoms with Crippen LogP contribution in [0.2, 0.25) is 0 Å². The maximum atomic E-state index is 11.6. The summed E-state index contributed by atoms with van der Waals surface area (Å²) in [5, 5.41) is 0. The van der Waals surface area contributed by atoms with Crippen molar-refractivity contribution in [1.82, 2.24) is 0 Å². The molecule has 5 heteroatoms. The number of hydrogen-bond donors (Lipinski definition) is 0. The van der Waals surface area contributed by atoms with Gasteiger partial charge in [-0.2, -0.15) is 0 Å². The zero-order chi connectivity index (χ0) is 20.7. The quantitative estimate of drug-likeness (QED) is 0.300. The normalized spacial score (nSPS) is 51.3. The summed E-state index contributed by atoms with van der Waals surface area (Å²) in [6.07, 6.45) is 11.1. The van der Waals surface area contributed by atoms with Gasteiger partial charge in [0.2, 0.25) is 0 Å². The first-order valence-corrected chi connectivity index (χ1v) is 11.4. The minimum atomic E-state index is -0.402. The van der Waals surface area contributed by atoms with E-state index in [2.05, 4.69) is 26.8 Å². The van der Waals surface area contributed by atoms with Crippen LogP contribution in [0.3, 0.4) is 0 Å². The highest BCUT2D eigenvalue weighted by Crippen LogP contribution is 2.73. The smallest absolute Gasteiger partial charge is 0.302 e. The number of fused-ring (bicyclic) bond motifs is 3. The van der Waals surface area contributed by atoms with Gasteiger partial charge in [-0.1, -0.05) is 26.8 Å². The van der Waals surface area contributed by atoms with E-state index in [1.165, 1.54) is 12.5 Å². The Hall–Kier alpha value is -1.20. The van der Waals surface area contributed by atoms with Crippen molar-refractivity contribution in [3.05, 3.63) is 11.6 Å². The molecule has 6 aliphatic rings. The topological polar surface area (TPSA) is 61.8 Å². The highest BCUT2D eigenvalue weighted by molar-refractivity contribution is 5.66. The van der Waals surface area contributed by atoms with Gasteiger partial charge in [-0.15, -0.1) is 0 Å². The molecule has 0 aromatic carbocycles. The summed E-state index contributed by atoms with van der Waals surface area (Å²) < 4.78 is 5.57. The number of ether oxygens (including phenoxy) is 1. The molecule has 2 heterocycles. The number of carbonyl (C=O) groups is 2. The maximum Gasteiger partial charge on any atom is 0.302 e. The molecule has 0 radical (unpaired) electrons. The Morgan fingerprint density at radius 1 is 1.21 bits per heavy atom. The van der Waals surface area contributed by atoms with Gasteiger partial charge in [0, 0.05) is 30.6 Å². The Balaban J connectivity index is 1.52. The minimum Gasteiger partial charge on any atom is -0.462 e. The molecule has 4 aliphatic carbocycles. The number of aldehydes is 1. The van der Waals surface area contributed by atoms with Crippen LogP contribution in [0.25, 0.3) is 0 Å². The fourth-order valence-electron chi connectivity index (χ4n) is 8.29. The summed E-state index contributed by atoms with van der Waals surface area (Å²) >= 11 is 0. The van der Waals surface area contributed by atoms with Crippen molar-refractivity contribution in [2.75, 3.05) is 0 Å². The second-order valence-corrected chi connectivity index (χ2v) is 10.9. The average Bonchev–Trinajstić information content (AvgIpc) is 3.05.